The molecule has 8 heteroatoms. The Morgan fingerprint density at radius 2 is 2.00 bits per heavy atom. The Bertz CT molecular complexity index is 853. The van der Waals surface area contributed by atoms with Crippen molar-refractivity contribution >= 4 is 17.5 Å². The lowest BCUT2D eigenvalue weighted by molar-refractivity contribution is 0.0322. The smallest absolute Gasteiger partial charge is 0.319 e. The molecule has 0 unspecified atom stereocenters. The minimum atomic E-state index is -0.225. The molecule has 3 N–H and O–H groups in total. The summed E-state index contributed by atoms with van der Waals surface area (Å²) in [6, 6.07) is 11.4. The van der Waals surface area contributed by atoms with E-state index in [0.29, 0.717) is 19.6 Å². The second-order valence-electron chi connectivity index (χ2n) is 7.80. The second kappa shape index (κ2) is 11.0. The maximum absolute atomic E-state index is 12.2. The molecule has 4 rings (SSSR count). The lowest BCUT2D eigenvalue weighted by Gasteiger charge is -2.26. The summed E-state index contributed by atoms with van der Waals surface area (Å²) in [7, 11) is 0. The van der Waals surface area contributed by atoms with E-state index in [9.17, 15) is 4.79 Å². The van der Waals surface area contributed by atoms with Crippen LogP contribution >= 0.6 is 0 Å². The van der Waals surface area contributed by atoms with Crippen molar-refractivity contribution in [3.63, 3.8) is 0 Å². The van der Waals surface area contributed by atoms with Crippen molar-refractivity contribution in [1.82, 2.24) is 15.2 Å². The van der Waals surface area contributed by atoms with E-state index in [-0.39, 0.29) is 6.03 Å². The molecule has 2 aliphatic heterocycles. The first-order chi connectivity index (χ1) is 15.3. The van der Waals surface area contributed by atoms with Crippen LogP contribution in [0, 0.1) is 0 Å². The summed E-state index contributed by atoms with van der Waals surface area (Å²) in [6.07, 6.45) is 2.92. The van der Waals surface area contributed by atoms with E-state index in [1.807, 2.05) is 30.3 Å². The van der Waals surface area contributed by atoms with Crippen LogP contribution < -0.4 is 20.7 Å². The Balaban J connectivity index is 1.15. The van der Waals surface area contributed by atoms with Crippen molar-refractivity contribution in [2.45, 2.75) is 19.3 Å². The average molecular weight is 426 g/mol. The molecule has 3 heterocycles. The number of morpholine rings is 1. The summed E-state index contributed by atoms with van der Waals surface area (Å²) in [5, 5.41) is 9.08. The number of carbonyl (C=O) groups is 1. The van der Waals surface area contributed by atoms with E-state index in [0.717, 1.165) is 75.2 Å². The molecule has 2 amide bonds. The van der Waals surface area contributed by atoms with Crippen molar-refractivity contribution in [3.8, 4) is 5.75 Å². The Morgan fingerprint density at radius 3 is 2.84 bits per heavy atom. The van der Waals surface area contributed by atoms with E-state index in [4.69, 9.17) is 9.47 Å². The highest BCUT2D eigenvalue weighted by molar-refractivity contribution is 5.89. The molecular formula is C23H31N5O3. The normalized spacial score (nSPS) is 16.1. The summed E-state index contributed by atoms with van der Waals surface area (Å²) < 4.78 is 11.1. The molecule has 0 aliphatic carbocycles. The molecule has 0 spiro atoms. The average Bonchev–Trinajstić information content (AvgIpc) is 2.81. The summed E-state index contributed by atoms with van der Waals surface area (Å²) >= 11 is 0. The fourth-order valence-electron chi connectivity index (χ4n) is 3.74. The predicted molar refractivity (Wildman–Crippen MR) is 121 cm³/mol. The van der Waals surface area contributed by atoms with E-state index >= 15 is 0 Å². The van der Waals surface area contributed by atoms with Gasteiger partial charge in [0.25, 0.3) is 0 Å². The van der Waals surface area contributed by atoms with Crippen LogP contribution in [0.5, 0.6) is 5.75 Å². The second-order valence-corrected chi connectivity index (χ2v) is 7.80. The van der Waals surface area contributed by atoms with Gasteiger partial charge in [-0.3, -0.25) is 4.90 Å². The number of anilines is 2. The molecule has 2 aromatic rings. The minimum absolute atomic E-state index is 0.225. The third-order valence-electron chi connectivity index (χ3n) is 5.51. The summed E-state index contributed by atoms with van der Waals surface area (Å²) in [5.74, 6) is 1.78. The number of nitrogens with one attached hydrogen (secondary N) is 3. The van der Waals surface area contributed by atoms with Crippen LogP contribution in [-0.2, 0) is 17.6 Å². The van der Waals surface area contributed by atoms with Gasteiger partial charge < -0.3 is 25.4 Å². The van der Waals surface area contributed by atoms with Gasteiger partial charge in [-0.15, -0.1) is 0 Å². The van der Waals surface area contributed by atoms with Crippen LogP contribution in [0.4, 0.5) is 16.3 Å². The van der Waals surface area contributed by atoms with Crippen LogP contribution in [0.3, 0.4) is 0 Å². The Morgan fingerprint density at radius 1 is 1.16 bits per heavy atom. The van der Waals surface area contributed by atoms with Crippen LogP contribution in [0.15, 0.2) is 36.4 Å². The summed E-state index contributed by atoms with van der Waals surface area (Å²) in [6.45, 7) is 6.54. The number of rotatable bonds is 8. The zero-order valence-corrected chi connectivity index (χ0v) is 17.9. The third kappa shape index (κ3) is 6.57. The number of hydrogen-bond acceptors (Lipinski definition) is 6. The lowest BCUT2D eigenvalue weighted by atomic mass is 10.1. The molecule has 1 saturated heterocycles. The molecule has 1 aromatic heterocycles. The molecule has 0 saturated carbocycles. The first kappa shape index (κ1) is 21.4. The van der Waals surface area contributed by atoms with Crippen molar-refractivity contribution < 1.29 is 14.3 Å². The number of hydrogen-bond donors (Lipinski definition) is 3. The molecule has 166 valence electrons. The van der Waals surface area contributed by atoms with Crippen molar-refractivity contribution in [2.75, 3.05) is 63.2 Å². The largest absolute Gasteiger partial charge is 0.492 e. The molecule has 31 heavy (non-hydrogen) atoms. The van der Waals surface area contributed by atoms with Crippen molar-refractivity contribution in [2.24, 2.45) is 0 Å². The lowest BCUT2D eigenvalue weighted by Crippen LogP contribution is -2.38. The highest BCUT2D eigenvalue weighted by Gasteiger charge is 2.11. The number of pyridine rings is 1. The number of urea groups is 1. The SMILES string of the molecule is O=C(NCCc1ccc2c(n1)NCCC2)Nc1ccc(OCCN2CCOCC2)cc1. The molecule has 0 bridgehead atoms. The fraction of sp³-hybridized carbons (Fsp3) is 0.478. The van der Waals surface area contributed by atoms with Gasteiger partial charge in [0.1, 0.15) is 18.2 Å². The molecule has 1 aromatic carbocycles. The summed E-state index contributed by atoms with van der Waals surface area (Å²) in [5.41, 5.74) is 2.98. The number of carbonyl (C=O) groups excluding carboxylic acids is 1. The number of fused-ring (bicyclic) bond motifs is 1. The van der Waals surface area contributed by atoms with E-state index in [1.54, 1.807) is 0 Å². The van der Waals surface area contributed by atoms with Crippen LogP contribution in [0.1, 0.15) is 17.7 Å². The van der Waals surface area contributed by atoms with Gasteiger partial charge in [-0.1, -0.05) is 6.07 Å². The summed E-state index contributed by atoms with van der Waals surface area (Å²) in [4.78, 5) is 19.2. The molecule has 0 radical (unpaired) electrons. The highest BCUT2D eigenvalue weighted by atomic mass is 16.5. The van der Waals surface area contributed by atoms with Gasteiger partial charge in [0.15, 0.2) is 0 Å². The topological polar surface area (TPSA) is 87.8 Å². The van der Waals surface area contributed by atoms with Gasteiger partial charge >= 0.3 is 6.03 Å². The van der Waals surface area contributed by atoms with Crippen LogP contribution in [0.25, 0.3) is 0 Å². The molecule has 0 atom stereocenters. The van der Waals surface area contributed by atoms with Gasteiger partial charge in [-0.2, -0.15) is 0 Å². The van der Waals surface area contributed by atoms with Crippen molar-refractivity contribution in [1.29, 1.82) is 0 Å². The monoisotopic (exact) mass is 425 g/mol. The number of benzene rings is 1. The molecular weight excluding hydrogens is 394 g/mol. The zero-order valence-electron chi connectivity index (χ0n) is 17.9. The van der Waals surface area contributed by atoms with Crippen LogP contribution in [-0.4, -0.2) is 68.5 Å². The van der Waals surface area contributed by atoms with Gasteiger partial charge in [0, 0.05) is 50.5 Å². The zero-order chi connectivity index (χ0) is 21.3. The quantitative estimate of drug-likeness (QED) is 0.602. The third-order valence-corrected chi connectivity index (χ3v) is 5.51. The maximum atomic E-state index is 12.2. The van der Waals surface area contributed by atoms with Crippen LogP contribution in [0.2, 0.25) is 0 Å². The fourth-order valence-corrected chi connectivity index (χ4v) is 3.74. The Hall–Kier alpha value is -2.84. The number of aryl methyl sites for hydroxylation is 1. The van der Waals surface area contributed by atoms with E-state index in [2.05, 4.69) is 31.9 Å². The molecule has 2 aliphatic rings. The molecule has 1 fully saturated rings. The Kier molecular flexibility index (Phi) is 7.57. The number of aromatic nitrogens is 1. The standard InChI is InChI=1S/C23H31N5O3/c29-23(25-11-9-20-4-3-18-2-1-10-24-22(18)26-20)27-19-5-7-21(8-6-19)31-17-14-28-12-15-30-16-13-28/h3-8H,1-2,9-17H2,(H,24,26)(H2,25,27,29). The number of nitrogens with zero attached hydrogens (tertiary/aromatic N) is 2. The van der Waals surface area contributed by atoms with Gasteiger partial charge in [-0.25, -0.2) is 9.78 Å². The number of ether oxygens (including phenoxy) is 2. The maximum Gasteiger partial charge on any atom is 0.319 e. The first-order valence-electron chi connectivity index (χ1n) is 11.1. The van der Waals surface area contributed by atoms with E-state index in [1.165, 1.54) is 5.56 Å². The Labute approximate surface area is 183 Å². The van der Waals surface area contributed by atoms with Gasteiger partial charge in [0.2, 0.25) is 0 Å². The first-order valence-corrected chi connectivity index (χ1v) is 11.1. The minimum Gasteiger partial charge on any atom is -0.492 e. The van der Waals surface area contributed by atoms with E-state index < -0.39 is 0 Å². The van der Waals surface area contributed by atoms with Gasteiger partial charge in [0.05, 0.1) is 13.2 Å². The van der Waals surface area contributed by atoms with Crippen molar-refractivity contribution in [3.05, 3.63) is 47.7 Å². The predicted octanol–water partition coefficient (Wildman–Crippen LogP) is 2.51. The number of amides is 2. The molecule has 8 nitrogen and oxygen atoms in total. The van der Waals surface area contributed by atoms with Gasteiger partial charge in [-0.05, 0) is 48.7 Å². The highest BCUT2D eigenvalue weighted by Crippen LogP contribution is 2.19.